The van der Waals surface area contributed by atoms with Gasteiger partial charge in [-0.3, -0.25) is 4.79 Å². The number of halogens is 1. The van der Waals surface area contributed by atoms with E-state index in [1.54, 1.807) is 19.9 Å². The van der Waals surface area contributed by atoms with Crippen molar-refractivity contribution in [2.24, 2.45) is 5.92 Å². The fourth-order valence-corrected chi connectivity index (χ4v) is 1.52. The second kappa shape index (κ2) is 6.72. The Balaban J connectivity index is 2.56. The molecule has 0 aliphatic carbocycles. The van der Waals surface area contributed by atoms with Crippen molar-refractivity contribution in [1.29, 1.82) is 0 Å². The number of carboxylic acids is 1. The van der Waals surface area contributed by atoms with Crippen LogP contribution in [0.3, 0.4) is 0 Å². The smallest absolute Gasteiger partial charge is 0.319 e. The lowest BCUT2D eigenvalue weighted by Crippen LogP contribution is -2.35. The van der Waals surface area contributed by atoms with Crippen LogP contribution in [0.25, 0.3) is 0 Å². The molecule has 104 valence electrons. The van der Waals surface area contributed by atoms with E-state index < -0.39 is 23.7 Å². The molecule has 2 amide bonds. The van der Waals surface area contributed by atoms with Crippen molar-refractivity contribution in [3.05, 3.63) is 29.6 Å². The SMILES string of the molecule is CCC(CNC(=O)Nc1cc(F)ccc1C)C(=O)O. The zero-order valence-electron chi connectivity index (χ0n) is 10.9. The van der Waals surface area contributed by atoms with E-state index in [-0.39, 0.29) is 6.54 Å². The first kappa shape index (κ1) is 14.9. The number of urea groups is 1. The molecule has 1 rings (SSSR count). The molecule has 0 aliphatic heterocycles. The molecule has 0 bridgehead atoms. The summed E-state index contributed by atoms with van der Waals surface area (Å²) in [5.41, 5.74) is 1.09. The van der Waals surface area contributed by atoms with Crippen molar-refractivity contribution >= 4 is 17.7 Å². The number of benzene rings is 1. The molecule has 0 aliphatic rings. The maximum absolute atomic E-state index is 13.0. The van der Waals surface area contributed by atoms with E-state index in [0.29, 0.717) is 12.1 Å². The number of carboxylic acid groups (broad SMARTS) is 1. The van der Waals surface area contributed by atoms with Gasteiger partial charge in [0.05, 0.1) is 5.92 Å². The van der Waals surface area contributed by atoms with E-state index in [1.165, 1.54) is 12.1 Å². The highest BCUT2D eigenvalue weighted by Crippen LogP contribution is 2.15. The number of amides is 2. The molecular formula is C13H17FN2O3. The van der Waals surface area contributed by atoms with E-state index in [1.807, 2.05) is 0 Å². The molecule has 1 atom stereocenters. The predicted octanol–water partition coefficient (Wildman–Crippen LogP) is 2.37. The first-order valence-corrected chi connectivity index (χ1v) is 5.97. The second-order valence-corrected chi connectivity index (χ2v) is 4.24. The van der Waals surface area contributed by atoms with Crippen molar-refractivity contribution in [3.63, 3.8) is 0 Å². The monoisotopic (exact) mass is 268 g/mol. The Labute approximate surface area is 110 Å². The highest BCUT2D eigenvalue weighted by atomic mass is 19.1. The van der Waals surface area contributed by atoms with Crippen molar-refractivity contribution in [3.8, 4) is 0 Å². The molecule has 6 heteroatoms. The first-order chi connectivity index (χ1) is 8.93. The fraction of sp³-hybridized carbons (Fsp3) is 0.385. The molecule has 1 aromatic carbocycles. The number of nitrogens with one attached hydrogen (secondary N) is 2. The second-order valence-electron chi connectivity index (χ2n) is 4.24. The van der Waals surface area contributed by atoms with Gasteiger partial charge in [-0.2, -0.15) is 0 Å². The van der Waals surface area contributed by atoms with E-state index in [9.17, 15) is 14.0 Å². The summed E-state index contributed by atoms with van der Waals surface area (Å²) in [6.45, 7) is 3.50. The number of aryl methyl sites for hydroxylation is 1. The van der Waals surface area contributed by atoms with Crippen LogP contribution in [-0.4, -0.2) is 23.7 Å². The van der Waals surface area contributed by atoms with Crippen molar-refractivity contribution in [1.82, 2.24) is 5.32 Å². The van der Waals surface area contributed by atoms with Crippen molar-refractivity contribution in [2.75, 3.05) is 11.9 Å². The first-order valence-electron chi connectivity index (χ1n) is 5.97. The summed E-state index contributed by atoms with van der Waals surface area (Å²) in [6, 6.07) is 3.52. The summed E-state index contributed by atoms with van der Waals surface area (Å²) < 4.78 is 13.0. The molecular weight excluding hydrogens is 251 g/mol. The van der Waals surface area contributed by atoms with E-state index in [2.05, 4.69) is 10.6 Å². The zero-order chi connectivity index (χ0) is 14.4. The highest BCUT2D eigenvalue weighted by Gasteiger charge is 2.16. The zero-order valence-corrected chi connectivity index (χ0v) is 10.9. The minimum Gasteiger partial charge on any atom is -0.481 e. The van der Waals surface area contributed by atoms with Crippen molar-refractivity contribution < 1.29 is 19.1 Å². The lowest BCUT2D eigenvalue weighted by atomic mass is 10.1. The largest absolute Gasteiger partial charge is 0.481 e. The van der Waals surface area contributed by atoms with Gasteiger partial charge in [-0.1, -0.05) is 13.0 Å². The molecule has 0 saturated carbocycles. The van der Waals surface area contributed by atoms with Gasteiger partial charge in [0.15, 0.2) is 0 Å². The van der Waals surface area contributed by atoms with Gasteiger partial charge >= 0.3 is 12.0 Å². The molecule has 19 heavy (non-hydrogen) atoms. The van der Waals surface area contributed by atoms with Gasteiger partial charge in [0.25, 0.3) is 0 Å². The summed E-state index contributed by atoms with van der Waals surface area (Å²) in [4.78, 5) is 22.4. The molecule has 3 N–H and O–H groups in total. The summed E-state index contributed by atoms with van der Waals surface area (Å²) in [5, 5.41) is 13.8. The van der Waals surface area contributed by atoms with Gasteiger partial charge in [0.2, 0.25) is 0 Å². The minimum atomic E-state index is -0.954. The van der Waals surface area contributed by atoms with Crippen molar-refractivity contribution in [2.45, 2.75) is 20.3 Å². The standard InChI is InChI=1S/C13H17FN2O3/c1-3-9(12(17)18)7-15-13(19)16-11-6-10(14)5-4-8(11)2/h4-6,9H,3,7H2,1-2H3,(H,17,18)(H2,15,16,19). The lowest BCUT2D eigenvalue weighted by molar-refractivity contribution is -0.141. The van der Waals surface area contributed by atoms with Crippen LogP contribution in [0.1, 0.15) is 18.9 Å². The van der Waals surface area contributed by atoms with Crippen LogP contribution in [0.15, 0.2) is 18.2 Å². The number of hydrogen-bond acceptors (Lipinski definition) is 2. The van der Waals surface area contributed by atoms with E-state index in [0.717, 1.165) is 5.56 Å². The van der Waals surface area contributed by atoms with Gasteiger partial charge in [-0.25, -0.2) is 9.18 Å². The number of carbonyl (C=O) groups is 2. The molecule has 1 unspecified atom stereocenters. The van der Waals surface area contributed by atoms with E-state index in [4.69, 9.17) is 5.11 Å². The Bertz CT molecular complexity index is 477. The Hall–Kier alpha value is -2.11. The molecule has 5 nitrogen and oxygen atoms in total. The maximum atomic E-state index is 13.0. The third-order valence-corrected chi connectivity index (χ3v) is 2.80. The Morgan fingerprint density at radius 3 is 2.68 bits per heavy atom. The van der Waals surface area contributed by atoms with Gasteiger partial charge in [-0.15, -0.1) is 0 Å². The predicted molar refractivity (Wildman–Crippen MR) is 69.6 cm³/mol. The van der Waals surface area contributed by atoms with Gasteiger partial charge in [0.1, 0.15) is 5.82 Å². The number of anilines is 1. The van der Waals surface area contributed by atoms with Gasteiger partial charge in [0, 0.05) is 12.2 Å². The number of hydrogen-bond donors (Lipinski definition) is 3. The third-order valence-electron chi connectivity index (χ3n) is 2.80. The number of rotatable bonds is 5. The number of carbonyl (C=O) groups excluding carboxylic acids is 1. The van der Waals surface area contributed by atoms with Gasteiger partial charge in [-0.05, 0) is 31.0 Å². The Kier molecular flexibility index (Phi) is 5.29. The molecule has 0 heterocycles. The van der Waals surface area contributed by atoms with Gasteiger partial charge < -0.3 is 15.7 Å². The van der Waals surface area contributed by atoms with Crippen LogP contribution in [0, 0.1) is 18.7 Å². The van der Waals surface area contributed by atoms with Crippen LogP contribution in [0.2, 0.25) is 0 Å². The average molecular weight is 268 g/mol. The Morgan fingerprint density at radius 2 is 2.11 bits per heavy atom. The third kappa shape index (κ3) is 4.57. The molecule has 1 aromatic rings. The topological polar surface area (TPSA) is 78.4 Å². The summed E-state index contributed by atoms with van der Waals surface area (Å²) in [5.74, 6) is -2.03. The maximum Gasteiger partial charge on any atom is 0.319 e. The van der Waals surface area contributed by atoms with E-state index >= 15 is 0 Å². The summed E-state index contributed by atoms with van der Waals surface area (Å²) in [6.07, 6.45) is 0.425. The fourth-order valence-electron chi connectivity index (χ4n) is 1.52. The summed E-state index contributed by atoms with van der Waals surface area (Å²) >= 11 is 0. The molecule has 0 radical (unpaired) electrons. The lowest BCUT2D eigenvalue weighted by Gasteiger charge is -2.13. The van der Waals surface area contributed by atoms with Crippen LogP contribution in [-0.2, 0) is 4.79 Å². The average Bonchev–Trinajstić information content (AvgIpc) is 2.34. The number of aliphatic carboxylic acids is 1. The van der Waals surface area contributed by atoms with Crippen LogP contribution in [0.5, 0.6) is 0 Å². The normalized spacial score (nSPS) is 11.7. The highest BCUT2D eigenvalue weighted by molar-refractivity contribution is 5.90. The molecule has 0 saturated heterocycles. The van der Waals surface area contributed by atoms with Crippen LogP contribution < -0.4 is 10.6 Å². The molecule has 0 spiro atoms. The van der Waals surface area contributed by atoms with Crippen LogP contribution in [0.4, 0.5) is 14.9 Å². The minimum absolute atomic E-state index is 0.0338. The Morgan fingerprint density at radius 1 is 1.42 bits per heavy atom. The quantitative estimate of drug-likeness (QED) is 0.767. The molecule has 0 fully saturated rings. The molecule has 0 aromatic heterocycles. The van der Waals surface area contributed by atoms with Crippen LogP contribution >= 0.6 is 0 Å². The summed E-state index contributed by atoms with van der Waals surface area (Å²) in [7, 11) is 0.